The van der Waals surface area contributed by atoms with Gasteiger partial charge in [-0.2, -0.15) is 0 Å². The summed E-state index contributed by atoms with van der Waals surface area (Å²) in [5.74, 6) is 2.79. The monoisotopic (exact) mass is 310 g/mol. The van der Waals surface area contributed by atoms with E-state index in [0.717, 1.165) is 10.0 Å². The molecule has 0 spiro atoms. The summed E-state index contributed by atoms with van der Waals surface area (Å²) >= 11 is 3.40. The van der Waals surface area contributed by atoms with Crippen LogP contribution in [0.4, 0.5) is 0 Å². The minimum absolute atomic E-state index is 0.0416. The van der Waals surface area contributed by atoms with Gasteiger partial charge in [0, 0.05) is 16.6 Å². The van der Waals surface area contributed by atoms with Crippen molar-refractivity contribution in [2.45, 2.75) is 6.54 Å². The molecule has 1 aromatic rings. The Balaban J connectivity index is 2.61. The van der Waals surface area contributed by atoms with Crippen molar-refractivity contribution in [3.05, 3.63) is 28.2 Å². The first-order chi connectivity index (χ1) is 8.67. The van der Waals surface area contributed by atoms with E-state index in [-0.39, 0.29) is 19.1 Å². The van der Waals surface area contributed by atoms with E-state index >= 15 is 0 Å². The van der Waals surface area contributed by atoms with E-state index in [1.54, 1.807) is 0 Å². The number of nitrogens with one attached hydrogen (secondary N) is 2. The van der Waals surface area contributed by atoms with E-state index in [2.05, 4.69) is 32.5 Å². The molecule has 1 aromatic carbocycles. The van der Waals surface area contributed by atoms with Crippen molar-refractivity contribution >= 4 is 21.8 Å². The second-order valence-corrected chi connectivity index (χ2v) is 4.47. The summed E-state index contributed by atoms with van der Waals surface area (Å²) in [5, 5.41) is 5.59. The summed E-state index contributed by atoms with van der Waals surface area (Å²) in [6.07, 6.45) is 5.05. The number of benzene rings is 1. The van der Waals surface area contributed by atoms with Crippen molar-refractivity contribution in [1.82, 2.24) is 10.6 Å². The standard InChI is InChI=1S/C13H15BrN2O2/c1-3-6-16-13(17)9-18-12-5-4-11(14)7-10(12)8-15-2/h1,4-5,7,15H,6,8-9H2,2H3,(H,16,17). The predicted octanol–water partition coefficient (Wildman–Crippen LogP) is 1.30. The fraction of sp³-hybridized carbons (Fsp3) is 0.308. The smallest absolute Gasteiger partial charge is 0.258 e. The fourth-order valence-electron chi connectivity index (χ4n) is 1.36. The fourth-order valence-corrected chi connectivity index (χ4v) is 1.77. The summed E-state index contributed by atoms with van der Waals surface area (Å²) in [6.45, 7) is 0.840. The maximum atomic E-state index is 11.4. The third-order valence-electron chi connectivity index (χ3n) is 2.14. The first-order valence-electron chi connectivity index (χ1n) is 5.43. The molecule has 0 saturated carbocycles. The number of carbonyl (C=O) groups is 1. The zero-order valence-electron chi connectivity index (χ0n) is 10.1. The molecule has 0 aromatic heterocycles. The Morgan fingerprint density at radius 1 is 1.56 bits per heavy atom. The third-order valence-corrected chi connectivity index (χ3v) is 2.63. The zero-order valence-corrected chi connectivity index (χ0v) is 11.7. The molecule has 0 bridgehead atoms. The van der Waals surface area contributed by atoms with E-state index in [1.807, 2.05) is 25.2 Å². The van der Waals surface area contributed by atoms with E-state index in [0.29, 0.717) is 12.3 Å². The largest absolute Gasteiger partial charge is 0.483 e. The Morgan fingerprint density at radius 3 is 3.00 bits per heavy atom. The molecular weight excluding hydrogens is 296 g/mol. The molecule has 0 aliphatic heterocycles. The van der Waals surface area contributed by atoms with Crippen LogP contribution >= 0.6 is 15.9 Å². The molecular formula is C13H15BrN2O2. The molecule has 96 valence electrons. The maximum Gasteiger partial charge on any atom is 0.258 e. The van der Waals surface area contributed by atoms with E-state index < -0.39 is 0 Å². The average molecular weight is 311 g/mol. The number of terminal acetylenes is 1. The molecule has 1 amide bonds. The molecule has 18 heavy (non-hydrogen) atoms. The van der Waals surface area contributed by atoms with Crippen LogP contribution in [0.1, 0.15) is 5.56 Å². The topological polar surface area (TPSA) is 50.4 Å². The summed E-state index contributed by atoms with van der Waals surface area (Å²) in [4.78, 5) is 11.4. The van der Waals surface area contributed by atoms with Gasteiger partial charge in [-0.25, -0.2) is 0 Å². The van der Waals surface area contributed by atoms with Crippen LogP contribution in [0, 0.1) is 12.3 Å². The highest BCUT2D eigenvalue weighted by Crippen LogP contribution is 2.23. The van der Waals surface area contributed by atoms with Crippen molar-refractivity contribution in [3.63, 3.8) is 0 Å². The molecule has 0 heterocycles. The third kappa shape index (κ3) is 4.78. The normalized spacial score (nSPS) is 9.61. The van der Waals surface area contributed by atoms with Gasteiger partial charge >= 0.3 is 0 Å². The van der Waals surface area contributed by atoms with E-state index in [1.165, 1.54) is 0 Å². The molecule has 0 atom stereocenters. The number of amides is 1. The molecule has 2 N–H and O–H groups in total. The molecule has 0 fully saturated rings. The van der Waals surface area contributed by atoms with Gasteiger partial charge in [-0.1, -0.05) is 21.9 Å². The van der Waals surface area contributed by atoms with Gasteiger partial charge in [0.1, 0.15) is 5.75 Å². The van der Waals surface area contributed by atoms with Gasteiger partial charge in [-0.15, -0.1) is 6.42 Å². The van der Waals surface area contributed by atoms with Gasteiger partial charge in [-0.3, -0.25) is 4.79 Å². The highest BCUT2D eigenvalue weighted by atomic mass is 79.9. The van der Waals surface area contributed by atoms with E-state index in [9.17, 15) is 4.79 Å². The van der Waals surface area contributed by atoms with Crippen LogP contribution in [0.25, 0.3) is 0 Å². The van der Waals surface area contributed by atoms with Crippen LogP contribution < -0.4 is 15.4 Å². The summed E-state index contributed by atoms with van der Waals surface area (Å²) < 4.78 is 6.43. The maximum absolute atomic E-state index is 11.4. The Kier molecular flexibility index (Phi) is 6.26. The molecule has 4 nitrogen and oxygen atoms in total. The lowest BCUT2D eigenvalue weighted by Gasteiger charge is -2.11. The number of hydrogen-bond acceptors (Lipinski definition) is 3. The van der Waals surface area contributed by atoms with Crippen LogP contribution in [0.5, 0.6) is 5.75 Å². The van der Waals surface area contributed by atoms with Gasteiger partial charge in [0.05, 0.1) is 6.54 Å². The lowest BCUT2D eigenvalue weighted by molar-refractivity contribution is -0.122. The van der Waals surface area contributed by atoms with Crippen molar-refractivity contribution in [2.75, 3.05) is 20.2 Å². The number of ether oxygens (including phenoxy) is 1. The zero-order chi connectivity index (χ0) is 13.4. The van der Waals surface area contributed by atoms with Gasteiger partial charge in [0.15, 0.2) is 6.61 Å². The second-order valence-electron chi connectivity index (χ2n) is 3.55. The van der Waals surface area contributed by atoms with Crippen molar-refractivity contribution < 1.29 is 9.53 Å². The minimum Gasteiger partial charge on any atom is -0.483 e. The molecule has 0 aliphatic carbocycles. The van der Waals surface area contributed by atoms with Gasteiger partial charge < -0.3 is 15.4 Å². The minimum atomic E-state index is -0.230. The molecule has 5 heteroatoms. The van der Waals surface area contributed by atoms with Crippen LogP contribution in [0.2, 0.25) is 0 Å². The highest BCUT2D eigenvalue weighted by Gasteiger charge is 2.06. The molecule has 0 radical (unpaired) electrons. The number of halogens is 1. The van der Waals surface area contributed by atoms with Crippen LogP contribution in [-0.2, 0) is 11.3 Å². The quantitative estimate of drug-likeness (QED) is 0.779. The van der Waals surface area contributed by atoms with E-state index in [4.69, 9.17) is 11.2 Å². The highest BCUT2D eigenvalue weighted by molar-refractivity contribution is 9.10. The first kappa shape index (κ1) is 14.6. The van der Waals surface area contributed by atoms with Crippen LogP contribution in [0.3, 0.4) is 0 Å². The second kappa shape index (κ2) is 7.75. The van der Waals surface area contributed by atoms with Crippen LogP contribution in [0.15, 0.2) is 22.7 Å². The molecule has 0 saturated heterocycles. The Bertz CT molecular complexity index is 455. The molecule has 0 aliphatic rings. The average Bonchev–Trinajstić information content (AvgIpc) is 2.36. The predicted molar refractivity (Wildman–Crippen MR) is 74.2 cm³/mol. The Labute approximate surface area is 115 Å². The van der Waals surface area contributed by atoms with Crippen molar-refractivity contribution in [1.29, 1.82) is 0 Å². The molecule has 0 unspecified atom stereocenters. The van der Waals surface area contributed by atoms with Gasteiger partial charge in [0.25, 0.3) is 5.91 Å². The SMILES string of the molecule is C#CCNC(=O)COc1ccc(Br)cc1CNC. The lowest BCUT2D eigenvalue weighted by Crippen LogP contribution is -2.29. The van der Waals surface area contributed by atoms with Gasteiger partial charge in [0.2, 0.25) is 0 Å². The van der Waals surface area contributed by atoms with Crippen molar-refractivity contribution in [3.8, 4) is 18.1 Å². The Morgan fingerprint density at radius 2 is 2.33 bits per heavy atom. The summed E-state index contributed by atoms with van der Waals surface area (Å²) in [7, 11) is 1.85. The van der Waals surface area contributed by atoms with Crippen molar-refractivity contribution in [2.24, 2.45) is 0 Å². The van der Waals surface area contributed by atoms with Gasteiger partial charge in [-0.05, 0) is 25.2 Å². The summed E-state index contributed by atoms with van der Waals surface area (Å²) in [5.41, 5.74) is 0.983. The first-order valence-corrected chi connectivity index (χ1v) is 6.22. The van der Waals surface area contributed by atoms with Crippen LogP contribution in [-0.4, -0.2) is 26.1 Å². The number of hydrogen-bond donors (Lipinski definition) is 2. The molecule has 1 rings (SSSR count). The number of rotatable bonds is 6. The summed E-state index contributed by atoms with van der Waals surface area (Å²) in [6, 6.07) is 5.64. The lowest BCUT2D eigenvalue weighted by atomic mass is 10.2. The Hall–Kier alpha value is -1.51. The number of carbonyl (C=O) groups excluding carboxylic acids is 1.